The lowest BCUT2D eigenvalue weighted by Gasteiger charge is -2.24. The first-order valence-corrected chi connectivity index (χ1v) is 9.71. The summed E-state index contributed by atoms with van der Waals surface area (Å²) < 4.78 is 23.1. The second-order valence-electron chi connectivity index (χ2n) is 6.61. The number of carbonyl (C=O) groups is 2. The van der Waals surface area contributed by atoms with Gasteiger partial charge in [-0.05, 0) is 30.4 Å². The van der Waals surface area contributed by atoms with Gasteiger partial charge in [-0.15, -0.1) is 0 Å². The summed E-state index contributed by atoms with van der Waals surface area (Å²) in [5.41, 5.74) is 0.887. The monoisotopic (exact) mass is 336 g/mol. The minimum Gasteiger partial charge on any atom is -0.324 e. The molecule has 0 spiro atoms. The molecule has 0 radical (unpaired) electrons. The number of fused-ring (bicyclic) bond motifs is 1. The molecule has 124 valence electrons. The maximum Gasteiger partial charge on any atom is 0.227 e. The molecule has 0 aromatic heterocycles. The summed E-state index contributed by atoms with van der Waals surface area (Å²) in [5.74, 6) is -0.182. The number of hydrogen-bond acceptors (Lipinski definition) is 4. The number of anilines is 2. The zero-order chi connectivity index (χ0) is 16.7. The molecule has 7 heteroatoms. The van der Waals surface area contributed by atoms with Crippen LogP contribution >= 0.6 is 0 Å². The van der Waals surface area contributed by atoms with E-state index in [1.54, 1.807) is 23.1 Å². The number of para-hydroxylation sites is 2. The highest BCUT2D eigenvalue weighted by Gasteiger charge is 2.47. The van der Waals surface area contributed by atoms with Crippen molar-refractivity contribution < 1.29 is 18.0 Å². The third-order valence-electron chi connectivity index (χ3n) is 4.38. The normalized spacial score (nSPS) is 19.5. The Hall–Kier alpha value is -1.89. The standard InChI is InChI=1S/C16H20N2O4S/c1-23(21,22)11-16(7-8-16)10-15(20)18-9-6-14(19)17-12-4-2-3-5-13(12)18/h2-5H,6-11H2,1H3,(H,17,19). The summed E-state index contributed by atoms with van der Waals surface area (Å²) in [7, 11) is -3.11. The fourth-order valence-electron chi connectivity index (χ4n) is 3.14. The predicted octanol–water partition coefficient (Wildman–Crippen LogP) is 1.58. The lowest BCUT2D eigenvalue weighted by molar-refractivity contribution is -0.119. The Balaban J connectivity index is 1.81. The maximum atomic E-state index is 12.8. The van der Waals surface area contributed by atoms with Gasteiger partial charge in [-0.25, -0.2) is 8.42 Å². The molecule has 1 aromatic carbocycles. The second-order valence-corrected chi connectivity index (χ2v) is 8.75. The van der Waals surface area contributed by atoms with E-state index in [1.165, 1.54) is 6.26 Å². The zero-order valence-corrected chi connectivity index (χ0v) is 13.9. The largest absolute Gasteiger partial charge is 0.324 e. The van der Waals surface area contributed by atoms with Crippen LogP contribution in [0.25, 0.3) is 0 Å². The SMILES string of the molecule is CS(=O)(=O)CC1(CC(=O)N2CCC(=O)Nc3ccccc32)CC1. The molecule has 3 rings (SSSR count). The topological polar surface area (TPSA) is 83.6 Å². The first-order chi connectivity index (χ1) is 10.8. The molecule has 1 aromatic rings. The van der Waals surface area contributed by atoms with Crippen molar-refractivity contribution in [1.82, 2.24) is 0 Å². The summed E-state index contributed by atoms with van der Waals surface area (Å²) in [6, 6.07) is 7.19. The van der Waals surface area contributed by atoms with Crippen LogP contribution in [-0.4, -0.2) is 38.8 Å². The van der Waals surface area contributed by atoms with Gasteiger partial charge in [-0.1, -0.05) is 12.1 Å². The van der Waals surface area contributed by atoms with E-state index in [9.17, 15) is 18.0 Å². The summed E-state index contributed by atoms with van der Waals surface area (Å²) in [5, 5.41) is 2.80. The van der Waals surface area contributed by atoms with Crippen molar-refractivity contribution in [3.8, 4) is 0 Å². The van der Waals surface area contributed by atoms with Crippen LogP contribution in [0.2, 0.25) is 0 Å². The average molecular weight is 336 g/mol. The fraction of sp³-hybridized carbons (Fsp3) is 0.500. The third-order valence-corrected chi connectivity index (χ3v) is 5.52. The molecule has 1 aliphatic heterocycles. The molecule has 2 aliphatic rings. The summed E-state index contributed by atoms with van der Waals surface area (Å²) >= 11 is 0. The highest BCUT2D eigenvalue weighted by atomic mass is 32.2. The fourth-order valence-corrected chi connectivity index (χ4v) is 4.64. The van der Waals surface area contributed by atoms with Crippen molar-refractivity contribution >= 4 is 33.0 Å². The average Bonchev–Trinajstić information content (AvgIpc) is 3.19. The first-order valence-electron chi connectivity index (χ1n) is 7.65. The van der Waals surface area contributed by atoms with Crippen molar-refractivity contribution in [1.29, 1.82) is 0 Å². The molecular formula is C16H20N2O4S. The molecule has 1 N–H and O–H groups in total. The molecular weight excluding hydrogens is 316 g/mol. The second kappa shape index (κ2) is 5.63. The molecule has 23 heavy (non-hydrogen) atoms. The Kier molecular flexibility index (Phi) is 3.91. The third kappa shape index (κ3) is 3.72. The number of nitrogens with zero attached hydrogens (tertiary/aromatic N) is 1. The van der Waals surface area contributed by atoms with Crippen molar-refractivity contribution in [2.45, 2.75) is 25.7 Å². The lowest BCUT2D eigenvalue weighted by Crippen LogP contribution is -2.34. The van der Waals surface area contributed by atoms with Gasteiger partial charge in [0.2, 0.25) is 11.8 Å². The summed E-state index contributed by atoms with van der Waals surface area (Å²) in [6.07, 6.45) is 3.18. The molecule has 1 aliphatic carbocycles. The first kappa shape index (κ1) is 16.0. The van der Waals surface area contributed by atoms with Crippen LogP contribution in [0.3, 0.4) is 0 Å². The Morgan fingerprint density at radius 3 is 2.65 bits per heavy atom. The molecule has 0 atom stereocenters. The van der Waals surface area contributed by atoms with Crippen LogP contribution < -0.4 is 10.2 Å². The van der Waals surface area contributed by atoms with Gasteiger partial charge in [0.25, 0.3) is 0 Å². The Morgan fingerprint density at radius 2 is 2.00 bits per heavy atom. The van der Waals surface area contributed by atoms with Crippen LogP contribution in [-0.2, 0) is 19.4 Å². The Bertz CT molecular complexity index is 753. The van der Waals surface area contributed by atoms with Crippen LogP contribution in [0.5, 0.6) is 0 Å². The van der Waals surface area contributed by atoms with E-state index in [4.69, 9.17) is 0 Å². The van der Waals surface area contributed by atoms with E-state index in [0.717, 1.165) is 12.8 Å². The van der Waals surface area contributed by atoms with Crippen molar-refractivity contribution in [2.24, 2.45) is 5.41 Å². The van der Waals surface area contributed by atoms with Gasteiger partial charge in [-0.2, -0.15) is 0 Å². The van der Waals surface area contributed by atoms with E-state index in [-0.39, 0.29) is 30.4 Å². The van der Waals surface area contributed by atoms with Crippen molar-refractivity contribution in [3.05, 3.63) is 24.3 Å². The van der Waals surface area contributed by atoms with Gasteiger partial charge >= 0.3 is 0 Å². The Morgan fingerprint density at radius 1 is 1.30 bits per heavy atom. The van der Waals surface area contributed by atoms with E-state index in [0.29, 0.717) is 17.9 Å². The van der Waals surface area contributed by atoms with Crippen molar-refractivity contribution in [2.75, 3.05) is 28.8 Å². The molecule has 0 unspecified atom stereocenters. The highest BCUT2D eigenvalue weighted by molar-refractivity contribution is 7.90. The number of sulfone groups is 1. The molecule has 2 amide bonds. The minimum absolute atomic E-state index is 0.0540. The van der Waals surface area contributed by atoms with Gasteiger partial charge in [-0.3, -0.25) is 9.59 Å². The van der Waals surface area contributed by atoms with Crippen LogP contribution in [0, 0.1) is 5.41 Å². The van der Waals surface area contributed by atoms with E-state index < -0.39 is 15.3 Å². The number of carbonyl (C=O) groups excluding carboxylic acids is 2. The highest BCUT2D eigenvalue weighted by Crippen LogP contribution is 2.50. The van der Waals surface area contributed by atoms with E-state index in [1.807, 2.05) is 6.07 Å². The number of benzene rings is 1. The molecule has 1 fully saturated rings. The van der Waals surface area contributed by atoms with Gasteiger partial charge in [0.15, 0.2) is 0 Å². The van der Waals surface area contributed by atoms with Crippen LogP contribution in [0.15, 0.2) is 24.3 Å². The zero-order valence-electron chi connectivity index (χ0n) is 13.0. The number of nitrogens with one attached hydrogen (secondary N) is 1. The van der Waals surface area contributed by atoms with Gasteiger partial charge in [0, 0.05) is 25.6 Å². The number of amides is 2. The molecule has 0 bridgehead atoms. The maximum absolute atomic E-state index is 12.8. The van der Waals surface area contributed by atoms with E-state index >= 15 is 0 Å². The summed E-state index contributed by atoms with van der Waals surface area (Å²) in [6.45, 7) is 0.316. The van der Waals surface area contributed by atoms with E-state index in [2.05, 4.69) is 5.32 Å². The van der Waals surface area contributed by atoms with Crippen LogP contribution in [0.4, 0.5) is 11.4 Å². The van der Waals surface area contributed by atoms with Gasteiger partial charge in [0.05, 0.1) is 17.1 Å². The smallest absolute Gasteiger partial charge is 0.227 e. The quantitative estimate of drug-likeness (QED) is 0.905. The number of rotatable bonds is 4. The Labute approximate surface area is 135 Å². The minimum atomic E-state index is -3.11. The lowest BCUT2D eigenvalue weighted by atomic mass is 10.0. The molecule has 1 heterocycles. The number of hydrogen-bond donors (Lipinski definition) is 1. The predicted molar refractivity (Wildman–Crippen MR) is 88.0 cm³/mol. The molecule has 1 saturated carbocycles. The summed E-state index contributed by atoms with van der Waals surface area (Å²) in [4.78, 5) is 26.1. The van der Waals surface area contributed by atoms with Gasteiger partial charge in [0.1, 0.15) is 9.84 Å². The van der Waals surface area contributed by atoms with Crippen molar-refractivity contribution in [3.63, 3.8) is 0 Å². The van der Waals surface area contributed by atoms with Crippen LogP contribution in [0.1, 0.15) is 25.7 Å². The molecule has 0 saturated heterocycles. The van der Waals surface area contributed by atoms with Gasteiger partial charge < -0.3 is 10.2 Å². The molecule has 6 nitrogen and oxygen atoms in total.